The number of amides is 2. The van der Waals surface area contributed by atoms with Crippen molar-refractivity contribution in [2.75, 3.05) is 10.8 Å². The van der Waals surface area contributed by atoms with Crippen LogP contribution in [-0.4, -0.2) is 48.7 Å². The van der Waals surface area contributed by atoms with E-state index < -0.39 is 33.4 Å². The normalized spacial score (nSPS) is 12.5. The third-order valence-corrected chi connectivity index (χ3v) is 9.75. The van der Waals surface area contributed by atoms with E-state index in [9.17, 15) is 28.1 Å². The van der Waals surface area contributed by atoms with E-state index in [0.717, 1.165) is 19.9 Å². The number of benzene rings is 4. The second kappa shape index (κ2) is 15.6. The first-order chi connectivity index (χ1) is 22.0. The molecular formula is C34H35BrN4O6S. The van der Waals surface area contributed by atoms with Gasteiger partial charge in [-0.3, -0.25) is 24.0 Å². The lowest BCUT2D eigenvalue weighted by Gasteiger charge is -2.34. The highest BCUT2D eigenvalue weighted by Gasteiger charge is 2.35. The van der Waals surface area contributed by atoms with Crippen molar-refractivity contribution in [3.05, 3.63) is 135 Å². The maximum absolute atomic E-state index is 14.5. The number of non-ortho nitro benzene ring substituents is 1. The van der Waals surface area contributed by atoms with Crippen molar-refractivity contribution in [2.45, 2.75) is 50.2 Å². The Morgan fingerprint density at radius 2 is 1.50 bits per heavy atom. The van der Waals surface area contributed by atoms with Crippen LogP contribution in [0.15, 0.2) is 119 Å². The maximum atomic E-state index is 14.5. The van der Waals surface area contributed by atoms with Gasteiger partial charge in [-0.2, -0.15) is 0 Å². The zero-order valence-electron chi connectivity index (χ0n) is 25.5. The molecule has 0 heterocycles. The molecule has 10 nitrogen and oxygen atoms in total. The molecule has 0 spiro atoms. The summed E-state index contributed by atoms with van der Waals surface area (Å²) in [6.45, 7) is 3.17. The van der Waals surface area contributed by atoms with Gasteiger partial charge in [-0.15, -0.1) is 0 Å². The van der Waals surface area contributed by atoms with Crippen molar-refractivity contribution >= 4 is 49.1 Å². The summed E-state index contributed by atoms with van der Waals surface area (Å²) >= 11 is 3.47. The summed E-state index contributed by atoms with van der Waals surface area (Å²) in [7, 11) is -4.32. The summed E-state index contributed by atoms with van der Waals surface area (Å²) in [5, 5.41) is 14.3. The lowest BCUT2D eigenvalue weighted by atomic mass is 10.0. The van der Waals surface area contributed by atoms with Gasteiger partial charge in [0.25, 0.3) is 15.7 Å². The number of sulfonamides is 1. The standard InChI is InChI=1S/C34H35BrN4O6S/c1-3-25(2)36-34(41)32(22-26-11-6-4-7-12-26)37(23-27-13-10-14-28(35)21-27)33(40)24-38(29-17-19-30(20-18-29)39(42)43)46(44,45)31-15-8-5-9-16-31/h4-21,25,32H,3,22-24H2,1-2H3,(H,36,41)/t25-,32+/m1/s1. The number of anilines is 1. The number of halogens is 1. The molecule has 4 rings (SSSR count). The van der Waals surface area contributed by atoms with Crippen molar-refractivity contribution in [3.8, 4) is 0 Å². The van der Waals surface area contributed by atoms with Crippen molar-refractivity contribution in [1.82, 2.24) is 10.2 Å². The molecule has 46 heavy (non-hydrogen) atoms. The van der Waals surface area contributed by atoms with Gasteiger partial charge in [0.1, 0.15) is 12.6 Å². The molecule has 2 atom stereocenters. The smallest absolute Gasteiger partial charge is 0.269 e. The van der Waals surface area contributed by atoms with E-state index in [4.69, 9.17) is 0 Å². The number of carbonyl (C=O) groups is 2. The Balaban J connectivity index is 1.81. The SMILES string of the molecule is CC[C@@H](C)NC(=O)[C@H](Cc1ccccc1)N(Cc1cccc(Br)c1)C(=O)CN(c1ccc([N+](=O)[O-])cc1)S(=O)(=O)c1ccccc1. The average Bonchev–Trinajstić information content (AvgIpc) is 3.05. The molecule has 0 bridgehead atoms. The van der Waals surface area contributed by atoms with Crippen LogP contribution in [0.25, 0.3) is 0 Å². The number of nitro groups is 1. The molecule has 2 amide bonds. The molecule has 0 saturated heterocycles. The number of carbonyl (C=O) groups excluding carboxylic acids is 2. The van der Waals surface area contributed by atoms with Gasteiger partial charge in [0, 0.05) is 35.6 Å². The molecule has 0 saturated carbocycles. The molecule has 240 valence electrons. The first-order valence-corrected chi connectivity index (χ1v) is 16.9. The molecule has 12 heteroatoms. The monoisotopic (exact) mass is 706 g/mol. The van der Waals surface area contributed by atoms with Crippen LogP contribution < -0.4 is 9.62 Å². The lowest BCUT2D eigenvalue weighted by molar-refractivity contribution is -0.384. The van der Waals surface area contributed by atoms with E-state index in [1.54, 1.807) is 18.2 Å². The van der Waals surface area contributed by atoms with E-state index >= 15 is 0 Å². The molecule has 0 radical (unpaired) electrons. The van der Waals surface area contributed by atoms with Gasteiger partial charge in [0.05, 0.1) is 15.5 Å². The first kappa shape index (κ1) is 34.3. The molecule has 4 aromatic carbocycles. The molecule has 0 aromatic heterocycles. The average molecular weight is 708 g/mol. The molecule has 0 fully saturated rings. The number of rotatable bonds is 14. The predicted octanol–water partition coefficient (Wildman–Crippen LogP) is 6.11. The zero-order valence-corrected chi connectivity index (χ0v) is 27.9. The highest BCUT2D eigenvalue weighted by Crippen LogP contribution is 2.27. The molecule has 0 aliphatic carbocycles. The van der Waals surface area contributed by atoms with Crippen LogP contribution in [-0.2, 0) is 32.6 Å². The Morgan fingerprint density at radius 3 is 2.09 bits per heavy atom. The Hall–Kier alpha value is -4.55. The number of hydrogen-bond donors (Lipinski definition) is 1. The van der Waals surface area contributed by atoms with Gasteiger partial charge in [0.2, 0.25) is 11.8 Å². The minimum absolute atomic E-state index is 0.0170. The topological polar surface area (TPSA) is 130 Å². The summed E-state index contributed by atoms with van der Waals surface area (Å²) in [6, 6.07) is 28.1. The second-order valence-electron chi connectivity index (χ2n) is 10.8. The quantitative estimate of drug-likeness (QED) is 0.124. The minimum atomic E-state index is -4.32. The van der Waals surface area contributed by atoms with Gasteiger partial charge in [-0.1, -0.05) is 83.5 Å². The highest BCUT2D eigenvalue weighted by molar-refractivity contribution is 9.10. The van der Waals surface area contributed by atoms with E-state index in [0.29, 0.717) is 6.42 Å². The van der Waals surface area contributed by atoms with Crippen molar-refractivity contribution in [1.29, 1.82) is 0 Å². The summed E-state index contributed by atoms with van der Waals surface area (Å²) in [5.41, 5.74) is 1.38. The lowest BCUT2D eigenvalue weighted by Crippen LogP contribution is -2.54. The molecule has 0 aliphatic heterocycles. The van der Waals surface area contributed by atoms with Gasteiger partial charge in [-0.25, -0.2) is 8.42 Å². The fourth-order valence-electron chi connectivity index (χ4n) is 4.82. The van der Waals surface area contributed by atoms with Crippen molar-refractivity contribution in [2.24, 2.45) is 0 Å². The fraction of sp³-hybridized carbons (Fsp3) is 0.235. The maximum Gasteiger partial charge on any atom is 0.269 e. The van der Waals surface area contributed by atoms with E-state index in [-0.39, 0.29) is 41.2 Å². The Morgan fingerprint density at radius 1 is 0.891 bits per heavy atom. The van der Waals surface area contributed by atoms with Gasteiger partial charge in [-0.05, 0) is 60.9 Å². The van der Waals surface area contributed by atoms with Crippen LogP contribution >= 0.6 is 15.9 Å². The number of nitrogens with one attached hydrogen (secondary N) is 1. The van der Waals surface area contributed by atoms with Crippen LogP contribution in [0.3, 0.4) is 0 Å². The Labute approximate surface area is 277 Å². The summed E-state index contributed by atoms with van der Waals surface area (Å²) < 4.78 is 29.8. The van der Waals surface area contributed by atoms with Crippen molar-refractivity contribution in [3.63, 3.8) is 0 Å². The number of nitrogens with zero attached hydrogens (tertiary/aromatic N) is 3. The Bertz CT molecular complexity index is 1760. The molecular weight excluding hydrogens is 672 g/mol. The van der Waals surface area contributed by atoms with Gasteiger partial charge < -0.3 is 10.2 Å². The summed E-state index contributed by atoms with van der Waals surface area (Å²) in [5.74, 6) is -0.993. The number of nitro benzene ring substituents is 1. The third-order valence-electron chi connectivity index (χ3n) is 7.47. The van der Waals surface area contributed by atoms with E-state index in [1.807, 2.05) is 68.4 Å². The first-order valence-electron chi connectivity index (χ1n) is 14.7. The zero-order chi connectivity index (χ0) is 33.3. The van der Waals surface area contributed by atoms with Crippen LogP contribution in [0.5, 0.6) is 0 Å². The minimum Gasteiger partial charge on any atom is -0.352 e. The molecule has 0 aliphatic rings. The van der Waals surface area contributed by atoms with Crippen LogP contribution in [0.4, 0.5) is 11.4 Å². The largest absolute Gasteiger partial charge is 0.352 e. The molecule has 0 unspecified atom stereocenters. The second-order valence-corrected chi connectivity index (χ2v) is 13.6. The van der Waals surface area contributed by atoms with Gasteiger partial charge in [0.15, 0.2) is 0 Å². The van der Waals surface area contributed by atoms with Gasteiger partial charge >= 0.3 is 0 Å². The summed E-state index contributed by atoms with van der Waals surface area (Å²) in [6.07, 6.45) is 0.860. The molecule has 1 N–H and O–H groups in total. The van der Waals surface area contributed by atoms with Crippen LogP contribution in [0.2, 0.25) is 0 Å². The van der Waals surface area contributed by atoms with E-state index in [2.05, 4.69) is 21.2 Å². The summed E-state index contributed by atoms with van der Waals surface area (Å²) in [4.78, 5) is 40.4. The Kier molecular flexibility index (Phi) is 11.7. The predicted molar refractivity (Wildman–Crippen MR) is 181 cm³/mol. The fourth-order valence-corrected chi connectivity index (χ4v) is 6.70. The van der Waals surface area contributed by atoms with E-state index in [1.165, 1.54) is 41.3 Å². The molecule has 4 aromatic rings. The van der Waals surface area contributed by atoms with Crippen LogP contribution in [0, 0.1) is 10.1 Å². The number of hydrogen-bond acceptors (Lipinski definition) is 6. The third kappa shape index (κ3) is 8.79. The van der Waals surface area contributed by atoms with Crippen LogP contribution in [0.1, 0.15) is 31.4 Å². The van der Waals surface area contributed by atoms with Crippen molar-refractivity contribution < 1.29 is 22.9 Å². The highest BCUT2D eigenvalue weighted by atomic mass is 79.9.